The minimum absolute atomic E-state index is 0.0189. The van der Waals surface area contributed by atoms with Gasteiger partial charge < -0.3 is 10.2 Å². The van der Waals surface area contributed by atoms with E-state index >= 15 is 0 Å². The molecule has 0 saturated heterocycles. The van der Waals surface area contributed by atoms with E-state index in [2.05, 4.69) is 5.32 Å². The van der Waals surface area contributed by atoms with Gasteiger partial charge in [-0.05, 0) is 55.8 Å². The summed E-state index contributed by atoms with van der Waals surface area (Å²) in [4.78, 5) is 26.9. The summed E-state index contributed by atoms with van der Waals surface area (Å²) in [6, 6.07) is 11.8. The van der Waals surface area contributed by atoms with Crippen LogP contribution in [-0.2, 0) is 26.2 Å². The van der Waals surface area contributed by atoms with Crippen molar-refractivity contribution in [2.24, 2.45) is 0 Å². The quantitative estimate of drug-likeness (QED) is 0.590. The number of rotatable bonds is 9. The van der Waals surface area contributed by atoms with E-state index in [-0.39, 0.29) is 17.3 Å². The van der Waals surface area contributed by atoms with E-state index in [1.807, 2.05) is 0 Å². The summed E-state index contributed by atoms with van der Waals surface area (Å²) in [6.07, 6.45) is 0. The third kappa shape index (κ3) is 6.67. The number of carbonyl (C=O) groups excluding carboxylic acids is 2. The molecule has 0 spiro atoms. The van der Waals surface area contributed by atoms with Gasteiger partial charge in [-0.3, -0.25) is 9.59 Å². The number of hydrogen-bond acceptors (Lipinski definition) is 4. The van der Waals surface area contributed by atoms with Gasteiger partial charge in [0, 0.05) is 30.2 Å². The lowest BCUT2D eigenvalue weighted by molar-refractivity contribution is -0.140. The molecule has 10 heteroatoms. The number of sulfonamides is 1. The van der Waals surface area contributed by atoms with Crippen molar-refractivity contribution in [3.8, 4) is 0 Å². The number of nitrogens with one attached hydrogen (secondary N) is 1. The molecule has 0 saturated carbocycles. The van der Waals surface area contributed by atoms with Crippen LogP contribution < -0.4 is 5.32 Å². The molecule has 0 aliphatic carbocycles. The molecule has 1 N–H and O–H groups in total. The van der Waals surface area contributed by atoms with Crippen molar-refractivity contribution >= 4 is 45.0 Å². The van der Waals surface area contributed by atoms with Crippen molar-refractivity contribution in [2.75, 3.05) is 20.1 Å². The summed E-state index contributed by atoms with van der Waals surface area (Å²) in [5.41, 5.74) is 0.722. The Morgan fingerprint density at radius 3 is 2.29 bits per heavy atom. The van der Waals surface area contributed by atoms with Gasteiger partial charge in [0.1, 0.15) is 6.04 Å². The minimum atomic E-state index is -3.91. The van der Waals surface area contributed by atoms with Crippen molar-refractivity contribution in [2.45, 2.75) is 31.3 Å². The van der Waals surface area contributed by atoms with E-state index in [4.69, 9.17) is 23.2 Å². The lowest BCUT2D eigenvalue weighted by Crippen LogP contribution is -2.50. The van der Waals surface area contributed by atoms with Gasteiger partial charge in [0.25, 0.3) is 0 Å². The first kappa shape index (κ1) is 25.1. The van der Waals surface area contributed by atoms with Crippen molar-refractivity contribution in [1.82, 2.24) is 14.5 Å². The summed E-state index contributed by atoms with van der Waals surface area (Å²) in [5, 5.41) is 3.59. The van der Waals surface area contributed by atoms with Crippen LogP contribution in [0.2, 0.25) is 10.0 Å². The van der Waals surface area contributed by atoms with Crippen molar-refractivity contribution < 1.29 is 18.0 Å². The molecule has 7 nitrogen and oxygen atoms in total. The average molecular weight is 486 g/mol. The summed E-state index contributed by atoms with van der Waals surface area (Å²) in [5.74, 6) is -0.847. The van der Waals surface area contributed by atoms with Crippen LogP contribution in [0.15, 0.2) is 53.4 Å². The fourth-order valence-electron chi connectivity index (χ4n) is 2.89. The lowest BCUT2D eigenvalue weighted by Gasteiger charge is -2.30. The molecule has 0 radical (unpaired) electrons. The van der Waals surface area contributed by atoms with Crippen LogP contribution in [0.1, 0.15) is 19.4 Å². The van der Waals surface area contributed by atoms with Gasteiger partial charge in [-0.15, -0.1) is 0 Å². The Morgan fingerprint density at radius 2 is 1.71 bits per heavy atom. The largest absolute Gasteiger partial charge is 0.355 e. The number of nitrogens with zero attached hydrogens (tertiary/aromatic N) is 2. The average Bonchev–Trinajstić information content (AvgIpc) is 2.72. The number of carbonyl (C=O) groups is 2. The lowest BCUT2D eigenvalue weighted by atomic mass is 10.1. The number of benzene rings is 2. The predicted octanol–water partition coefficient (Wildman–Crippen LogP) is 3.17. The molecule has 0 aromatic heterocycles. The molecule has 0 aliphatic rings. The van der Waals surface area contributed by atoms with Gasteiger partial charge >= 0.3 is 0 Å². The van der Waals surface area contributed by atoms with Gasteiger partial charge in [0.05, 0.1) is 11.4 Å². The van der Waals surface area contributed by atoms with Gasteiger partial charge in [-0.1, -0.05) is 35.3 Å². The van der Waals surface area contributed by atoms with Crippen LogP contribution in [0.5, 0.6) is 0 Å². The summed E-state index contributed by atoms with van der Waals surface area (Å²) in [6.45, 7) is 3.45. The first-order chi connectivity index (χ1) is 14.6. The zero-order chi connectivity index (χ0) is 23.2. The van der Waals surface area contributed by atoms with Gasteiger partial charge in [0.15, 0.2) is 0 Å². The van der Waals surface area contributed by atoms with Crippen molar-refractivity contribution in [3.05, 3.63) is 64.1 Å². The standard InChI is InChI=1S/C21H25Cl2N3O4S/c1-4-24-21(28)15(2)26(13-16-6-5-7-18(23)12-16)20(27)14-25(3)31(29,30)19-10-8-17(22)9-11-19/h5-12,15H,4,13-14H2,1-3H3,(H,24,28)/t15-/m0/s1. The predicted molar refractivity (Wildman–Crippen MR) is 121 cm³/mol. The maximum Gasteiger partial charge on any atom is 0.243 e. The Balaban J connectivity index is 2.26. The Hall–Kier alpha value is -2.13. The molecule has 0 unspecified atom stereocenters. The summed E-state index contributed by atoms with van der Waals surface area (Å²) in [7, 11) is -2.60. The van der Waals surface area contributed by atoms with E-state index < -0.39 is 28.5 Å². The van der Waals surface area contributed by atoms with E-state index in [1.165, 1.54) is 36.2 Å². The second-order valence-electron chi connectivity index (χ2n) is 6.94. The fourth-order valence-corrected chi connectivity index (χ4v) is 4.35. The van der Waals surface area contributed by atoms with Crippen LogP contribution in [0.4, 0.5) is 0 Å². The van der Waals surface area contributed by atoms with E-state index in [0.717, 1.165) is 9.87 Å². The SMILES string of the molecule is CCNC(=O)[C@H](C)N(Cc1cccc(Cl)c1)C(=O)CN(C)S(=O)(=O)c1ccc(Cl)cc1. The first-order valence-corrected chi connectivity index (χ1v) is 11.8. The highest BCUT2D eigenvalue weighted by atomic mass is 35.5. The van der Waals surface area contributed by atoms with Crippen LogP contribution in [0, 0.1) is 0 Å². The monoisotopic (exact) mass is 485 g/mol. The van der Waals surface area contributed by atoms with Crippen molar-refractivity contribution in [1.29, 1.82) is 0 Å². The normalized spacial score (nSPS) is 12.5. The number of hydrogen-bond donors (Lipinski definition) is 1. The Bertz CT molecular complexity index is 1030. The zero-order valence-corrected chi connectivity index (χ0v) is 19.8. The number of amides is 2. The molecule has 1 atom stereocenters. The van der Waals surface area contributed by atoms with Crippen LogP contribution in [0.25, 0.3) is 0 Å². The Morgan fingerprint density at radius 1 is 1.06 bits per heavy atom. The second kappa shape index (κ2) is 10.9. The molecule has 0 heterocycles. The van der Waals surface area contributed by atoms with Crippen LogP contribution in [-0.4, -0.2) is 55.6 Å². The fraction of sp³-hybridized carbons (Fsp3) is 0.333. The third-order valence-corrected chi connectivity index (χ3v) is 6.94. The van der Waals surface area contributed by atoms with Gasteiger partial charge in [-0.2, -0.15) is 4.31 Å². The maximum absolute atomic E-state index is 13.1. The molecule has 0 fully saturated rings. The molecule has 2 aromatic carbocycles. The Labute approximate surface area is 193 Å². The molecular formula is C21H25Cl2N3O4S. The molecule has 2 amide bonds. The first-order valence-electron chi connectivity index (χ1n) is 9.59. The summed E-state index contributed by atoms with van der Waals surface area (Å²) >= 11 is 11.9. The second-order valence-corrected chi connectivity index (χ2v) is 9.85. The third-order valence-electron chi connectivity index (χ3n) is 4.64. The summed E-state index contributed by atoms with van der Waals surface area (Å²) < 4.78 is 26.6. The highest BCUT2D eigenvalue weighted by Gasteiger charge is 2.30. The molecular weight excluding hydrogens is 461 g/mol. The molecule has 0 aliphatic heterocycles. The molecule has 31 heavy (non-hydrogen) atoms. The molecule has 2 rings (SSSR count). The van der Waals surface area contributed by atoms with E-state index in [9.17, 15) is 18.0 Å². The van der Waals surface area contributed by atoms with Crippen molar-refractivity contribution in [3.63, 3.8) is 0 Å². The topological polar surface area (TPSA) is 86.8 Å². The van der Waals surface area contributed by atoms with Crippen LogP contribution in [0.3, 0.4) is 0 Å². The van der Waals surface area contributed by atoms with E-state index in [1.54, 1.807) is 38.1 Å². The molecule has 168 valence electrons. The smallest absolute Gasteiger partial charge is 0.243 e. The minimum Gasteiger partial charge on any atom is -0.355 e. The molecule has 2 aromatic rings. The molecule has 0 bridgehead atoms. The van der Waals surface area contributed by atoms with E-state index in [0.29, 0.717) is 16.6 Å². The highest BCUT2D eigenvalue weighted by molar-refractivity contribution is 7.89. The maximum atomic E-state index is 13.1. The number of likely N-dealkylation sites (N-methyl/N-ethyl adjacent to an activating group) is 2. The Kier molecular flexibility index (Phi) is 8.88. The highest BCUT2D eigenvalue weighted by Crippen LogP contribution is 2.19. The van der Waals surface area contributed by atoms with Gasteiger partial charge in [-0.25, -0.2) is 8.42 Å². The van der Waals surface area contributed by atoms with Crippen LogP contribution >= 0.6 is 23.2 Å². The zero-order valence-electron chi connectivity index (χ0n) is 17.5. The van der Waals surface area contributed by atoms with Gasteiger partial charge in [0.2, 0.25) is 21.8 Å². The number of halogens is 2.